The molecule has 2 fully saturated rings. The molecular formula is C29H30N2O5S. The van der Waals surface area contributed by atoms with E-state index in [1.807, 2.05) is 60.8 Å². The van der Waals surface area contributed by atoms with Gasteiger partial charge in [-0.25, -0.2) is 0 Å². The molecule has 0 aliphatic carbocycles. The molecule has 8 heteroatoms. The molecule has 0 unspecified atom stereocenters. The Kier molecular flexibility index (Phi) is 7.69. The minimum absolute atomic E-state index is 0.135. The number of morpholine rings is 1. The summed E-state index contributed by atoms with van der Waals surface area (Å²) in [7, 11) is 0. The van der Waals surface area contributed by atoms with Crippen LogP contribution in [0.4, 0.5) is 0 Å². The number of thiophene rings is 1. The van der Waals surface area contributed by atoms with E-state index in [9.17, 15) is 14.7 Å². The second-order valence-electron chi connectivity index (χ2n) is 9.21. The normalized spacial score (nSPS) is 19.9. The lowest BCUT2D eigenvalue weighted by Crippen LogP contribution is -2.42. The molecule has 2 aliphatic heterocycles. The van der Waals surface area contributed by atoms with E-state index in [4.69, 9.17) is 9.47 Å². The molecule has 2 aliphatic rings. The van der Waals surface area contributed by atoms with E-state index in [0.29, 0.717) is 44.2 Å². The molecule has 0 spiro atoms. The second kappa shape index (κ2) is 11.3. The van der Waals surface area contributed by atoms with Crippen LogP contribution in [0, 0.1) is 6.92 Å². The molecule has 5 rings (SSSR count). The third-order valence-corrected chi connectivity index (χ3v) is 7.74. The second-order valence-corrected chi connectivity index (χ2v) is 10.2. The van der Waals surface area contributed by atoms with E-state index in [2.05, 4.69) is 4.90 Å². The maximum absolute atomic E-state index is 13.3. The third-order valence-electron chi connectivity index (χ3n) is 6.81. The van der Waals surface area contributed by atoms with Gasteiger partial charge in [-0.1, -0.05) is 36.4 Å². The molecule has 7 nitrogen and oxygen atoms in total. The smallest absolute Gasteiger partial charge is 0.295 e. The van der Waals surface area contributed by atoms with Gasteiger partial charge in [0.1, 0.15) is 18.1 Å². The molecule has 2 saturated heterocycles. The fourth-order valence-electron chi connectivity index (χ4n) is 4.80. The van der Waals surface area contributed by atoms with Gasteiger partial charge >= 0.3 is 0 Å². The molecule has 1 amide bonds. The summed E-state index contributed by atoms with van der Waals surface area (Å²) in [6.45, 7) is 6.25. The van der Waals surface area contributed by atoms with Crippen molar-refractivity contribution in [2.24, 2.45) is 0 Å². The van der Waals surface area contributed by atoms with Gasteiger partial charge in [-0.05, 0) is 47.7 Å². The van der Waals surface area contributed by atoms with Crippen molar-refractivity contribution in [3.05, 3.63) is 93.2 Å². The van der Waals surface area contributed by atoms with E-state index in [1.54, 1.807) is 17.0 Å². The van der Waals surface area contributed by atoms with Gasteiger partial charge in [0.25, 0.3) is 11.7 Å². The lowest BCUT2D eigenvalue weighted by atomic mass is 9.97. The first-order chi connectivity index (χ1) is 18.0. The number of aliphatic hydroxyl groups is 1. The zero-order chi connectivity index (χ0) is 25.8. The monoisotopic (exact) mass is 518 g/mol. The Morgan fingerprint density at radius 3 is 2.54 bits per heavy atom. The van der Waals surface area contributed by atoms with Gasteiger partial charge in [-0.15, -0.1) is 11.3 Å². The number of ether oxygens (including phenoxy) is 2. The lowest BCUT2D eigenvalue weighted by Gasteiger charge is -2.30. The maximum atomic E-state index is 13.3. The molecular weight excluding hydrogens is 488 g/mol. The van der Waals surface area contributed by atoms with Gasteiger partial charge in [-0.3, -0.25) is 14.5 Å². The van der Waals surface area contributed by atoms with Crippen molar-refractivity contribution >= 4 is 28.8 Å². The number of amides is 1. The van der Waals surface area contributed by atoms with Crippen molar-refractivity contribution < 1.29 is 24.2 Å². The molecule has 37 heavy (non-hydrogen) atoms. The number of rotatable bonds is 8. The Morgan fingerprint density at radius 1 is 1.05 bits per heavy atom. The summed E-state index contributed by atoms with van der Waals surface area (Å²) in [6.07, 6.45) is 0. The van der Waals surface area contributed by atoms with Gasteiger partial charge in [0.2, 0.25) is 0 Å². The van der Waals surface area contributed by atoms with Crippen molar-refractivity contribution in [2.45, 2.75) is 19.6 Å². The van der Waals surface area contributed by atoms with Crippen molar-refractivity contribution in [1.29, 1.82) is 0 Å². The number of Topliss-reactive ketones (excluding diaryl/α,β-unsaturated/α-hetero) is 1. The zero-order valence-electron chi connectivity index (χ0n) is 20.8. The van der Waals surface area contributed by atoms with Crippen molar-refractivity contribution in [3.8, 4) is 5.75 Å². The fourth-order valence-corrected chi connectivity index (χ4v) is 5.65. The number of likely N-dealkylation sites (tertiary alicyclic amines) is 1. The highest BCUT2D eigenvalue weighted by atomic mass is 32.1. The minimum Gasteiger partial charge on any atom is -0.507 e. The van der Waals surface area contributed by atoms with Crippen molar-refractivity contribution in [1.82, 2.24) is 9.80 Å². The average Bonchev–Trinajstić information content (AvgIpc) is 3.54. The summed E-state index contributed by atoms with van der Waals surface area (Å²) in [5.74, 6) is -0.716. The summed E-state index contributed by atoms with van der Waals surface area (Å²) in [4.78, 5) is 31.1. The molecule has 1 atom stereocenters. The highest BCUT2D eigenvalue weighted by molar-refractivity contribution is 7.10. The maximum Gasteiger partial charge on any atom is 0.295 e. The van der Waals surface area contributed by atoms with Gasteiger partial charge in [-0.2, -0.15) is 0 Å². The standard InChI is InChI=1S/C29H30N2O5S/c1-20-18-22(36-19-21-6-3-2-4-7-21)9-10-23(20)27(32)25-26(24-8-5-17-37-24)31(29(34)28(25)33)12-11-30-13-15-35-16-14-30/h2-10,17-18,26,32H,11-16,19H2,1H3/t26-/m0/s1. The number of hydrogen-bond donors (Lipinski definition) is 1. The number of carbonyl (C=O) groups excluding carboxylic acids is 2. The summed E-state index contributed by atoms with van der Waals surface area (Å²) >= 11 is 1.47. The Hall–Kier alpha value is -3.46. The number of benzene rings is 2. The number of aliphatic hydroxyl groups excluding tert-OH is 1. The Bertz CT molecular complexity index is 1280. The number of carbonyl (C=O) groups is 2. The molecule has 3 aromatic rings. The fraction of sp³-hybridized carbons (Fsp3) is 0.310. The van der Waals surface area contributed by atoms with Crippen LogP contribution in [0.3, 0.4) is 0 Å². The van der Waals surface area contributed by atoms with E-state index < -0.39 is 17.7 Å². The van der Waals surface area contributed by atoms with Crippen LogP contribution in [-0.2, 0) is 20.9 Å². The Morgan fingerprint density at radius 2 is 1.84 bits per heavy atom. The van der Waals surface area contributed by atoms with E-state index in [-0.39, 0.29) is 11.3 Å². The van der Waals surface area contributed by atoms with E-state index >= 15 is 0 Å². The molecule has 2 aromatic carbocycles. The van der Waals surface area contributed by atoms with Crippen LogP contribution in [0.25, 0.3) is 5.76 Å². The SMILES string of the molecule is Cc1cc(OCc2ccccc2)ccc1C(O)=C1C(=O)C(=O)N(CCN2CCOCC2)[C@H]1c1cccs1. The number of ketones is 1. The Balaban J connectivity index is 1.42. The molecule has 1 aromatic heterocycles. The minimum atomic E-state index is -0.651. The summed E-state index contributed by atoms with van der Waals surface area (Å²) in [6, 6.07) is 18.4. The number of aryl methyl sites for hydroxylation is 1. The van der Waals surface area contributed by atoms with Crippen LogP contribution >= 0.6 is 11.3 Å². The summed E-state index contributed by atoms with van der Waals surface area (Å²) < 4.78 is 11.3. The van der Waals surface area contributed by atoms with Crippen LogP contribution in [-0.4, -0.2) is 66.0 Å². The first kappa shape index (κ1) is 25.2. The van der Waals surface area contributed by atoms with E-state index in [1.165, 1.54) is 11.3 Å². The van der Waals surface area contributed by atoms with Gasteiger partial charge in [0.15, 0.2) is 0 Å². The van der Waals surface area contributed by atoms with Gasteiger partial charge < -0.3 is 19.5 Å². The lowest BCUT2D eigenvalue weighted by molar-refractivity contribution is -0.140. The van der Waals surface area contributed by atoms with Crippen LogP contribution in [0.2, 0.25) is 0 Å². The van der Waals surface area contributed by atoms with E-state index in [0.717, 1.165) is 29.1 Å². The largest absolute Gasteiger partial charge is 0.507 e. The first-order valence-corrected chi connectivity index (χ1v) is 13.3. The average molecular weight is 519 g/mol. The molecule has 192 valence electrons. The predicted octanol–water partition coefficient (Wildman–Crippen LogP) is 4.39. The summed E-state index contributed by atoms with van der Waals surface area (Å²) in [5, 5.41) is 13.3. The number of nitrogens with zero attached hydrogens (tertiary/aromatic N) is 2. The quantitative estimate of drug-likeness (QED) is 0.271. The molecule has 0 saturated carbocycles. The molecule has 3 heterocycles. The summed E-state index contributed by atoms with van der Waals surface area (Å²) in [5.41, 5.74) is 2.46. The highest BCUT2D eigenvalue weighted by Gasteiger charge is 2.46. The van der Waals surface area contributed by atoms with Crippen molar-refractivity contribution in [2.75, 3.05) is 39.4 Å². The Labute approximate surface area is 220 Å². The molecule has 0 radical (unpaired) electrons. The molecule has 1 N–H and O–H groups in total. The van der Waals surface area contributed by atoms with Gasteiger partial charge in [0, 0.05) is 36.6 Å². The zero-order valence-corrected chi connectivity index (χ0v) is 21.6. The number of hydrogen-bond acceptors (Lipinski definition) is 7. The topological polar surface area (TPSA) is 79.3 Å². The highest BCUT2D eigenvalue weighted by Crippen LogP contribution is 2.41. The first-order valence-electron chi connectivity index (χ1n) is 12.4. The van der Waals surface area contributed by atoms with Crippen molar-refractivity contribution in [3.63, 3.8) is 0 Å². The van der Waals surface area contributed by atoms with Crippen LogP contribution in [0.1, 0.15) is 27.6 Å². The molecule has 0 bridgehead atoms. The van der Waals surface area contributed by atoms with Crippen LogP contribution in [0.5, 0.6) is 5.75 Å². The van der Waals surface area contributed by atoms with Gasteiger partial charge in [0.05, 0.1) is 24.8 Å². The third kappa shape index (κ3) is 5.46. The predicted molar refractivity (Wildman–Crippen MR) is 143 cm³/mol. The van der Waals surface area contributed by atoms with Crippen LogP contribution in [0.15, 0.2) is 71.6 Å². The van der Waals surface area contributed by atoms with Crippen LogP contribution < -0.4 is 4.74 Å².